The van der Waals surface area contributed by atoms with Crippen LogP contribution >= 0.6 is 0 Å². The molecule has 3 fully saturated rings. The molecule has 0 radical (unpaired) electrons. The molecule has 2 aliphatic carbocycles. The predicted molar refractivity (Wildman–Crippen MR) is 74.2 cm³/mol. The van der Waals surface area contributed by atoms with Gasteiger partial charge < -0.3 is 15.3 Å². The van der Waals surface area contributed by atoms with E-state index in [0.717, 1.165) is 38.4 Å². The summed E-state index contributed by atoms with van der Waals surface area (Å²) < 4.78 is 0. The van der Waals surface area contributed by atoms with Crippen LogP contribution in [0.4, 0.5) is 0 Å². The minimum absolute atomic E-state index is 0.0821. The van der Waals surface area contributed by atoms with Gasteiger partial charge in [-0.15, -0.1) is 0 Å². The number of aliphatic carboxylic acids is 1. The summed E-state index contributed by atoms with van der Waals surface area (Å²) in [6, 6.07) is 1.11. The Morgan fingerprint density at radius 2 is 1.60 bits per heavy atom. The maximum absolute atomic E-state index is 12.2. The van der Waals surface area contributed by atoms with Gasteiger partial charge in [0.15, 0.2) is 0 Å². The highest BCUT2D eigenvalue weighted by atomic mass is 16.4. The summed E-state index contributed by atoms with van der Waals surface area (Å²) >= 11 is 0. The number of piperidine rings is 1. The van der Waals surface area contributed by atoms with Crippen LogP contribution in [0.3, 0.4) is 0 Å². The molecule has 0 aromatic rings. The molecular weight excluding hydrogens is 256 g/mol. The van der Waals surface area contributed by atoms with Gasteiger partial charge in [-0.25, -0.2) is 0 Å². The maximum atomic E-state index is 12.2. The van der Waals surface area contributed by atoms with Crippen LogP contribution in [0.1, 0.15) is 44.9 Å². The Morgan fingerprint density at radius 3 is 2.15 bits per heavy atom. The van der Waals surface area contributed by atoms with Crippen LogP contribution in [0.2, 0.25) is 0 Å². The minimum Gasteiger partial charge on any atom is -0.481 e. The molecule has 0 unspecified atom stereocenters. The molecule has 0 bridgehead atoms. The average Bonchev–Trinajstić information content (AvgIpc) is 3.15. The number of amides is 1. The van der Waals surface area contributed by atoms with E-state index >= 15 is 0 Å². The zero-order valence-electron chi connectivity index (χ0n) is 11.9. The van der Waals surface area contributed by atoms with E-state index in [9.17, 15) is 9.59 Å². The van der Waals surface area contributed by atoms with Crippen molar-refractivity contribution < 1.29 is 14.7 Å². The molecule has 3 rings (SSSR count). The first kappa shape index (κ1) is 13.9. The van der Waals surface area contributed by atoms with E-state index in [1.165, 1.54) is 12.8 Å². The van der Waals surface area contributed by atoms with Crippen molar-refractivity contribution >= 4 is 11.9 Å². The summed E-state index contributed by atoms with van der Waals surface area (Å²) in [6.45, 7) is 2.19. The number of hydrogen-bond acceptors (Lipinski definition) is 3. The molecule has 1 aliphatic heterocycles. The summed E-state index contributed by atoms with van der Waals surface area (Å²) in [5.41, 5.74) is 0. The van der Waals surface area contributed by atoms with E-state index in [1.54, 1.807) is 0 Å². The maximum Gasteiger partial charge on any atom is 0.306 e. The molecule has 20 heavy (non-hydrogen) atoms. The van der Waals surface area contributed by atoms with Gasteiger partial charge in [0.25, 0.3) is 0 Å². The number of nitrogens with one attached hydrogen (secondary N) is 1. The Bertz CT molecular complexity index is 387. The van der Waals surface area contributed by atoms with Crippen molar-refractivity contribution in [2.75, 3.05) is 13.1 Å². The average molecular weight is 280 g/mol. The molecule has 2 atom stereocenters. The van der Waals surface area contributed by atoms with Crippen molar-refractivity contribution in [2.24, 2.45) is 11.8 Å². The molecule has 3 aliphatic rings. The second-order valence-electron chi connectivity index (χ2n) is 6.60. The lowest BCUT2D eigenvalue weighted by Gasteiger charge is -2.32. The first-order valence-corrected chi connectivity index (χ1v) is 7.90. The number of hydrogen-bond donors (Lipinski definition) is 2. The van der Waals surface area contributed by atoms with Gasteiger partial charge in [0.05, 0.1) is 5.92 Å². The van der Waals surface area contributed by atoms with E-state index in [1.807, 2.05) is 0 Å². The van der Waals surface area contributed by atoms with Gasteiger partial charge in [-0.1, -0.05) is 0 Å². The smallest absolute Gasteiger partial charge is 0.306 e. The third-order valence-electron chi connectivity index (χ3n) is 5.09. The van der Waals surface area contributed by atoms with E-state index in [2.05, 4.69) is 10.2 Å². The fraction of sp³-hybridized carbons (Fsp3) is 0.867. The summed E-state index contributed by atoms with van der Waals surface area (Å²) in [5, 5.41) is 12.1. The largest absolute Gasteiger partial charge is 0.481 e. The second-order valence-corrected chi connectivity index (χ2v) is 6.60. The number of carbonyl (C=O) groups excluding carboxylic acids is 1. The first-order chi connectivity index (χ1) is 9.63. The molecule has 1 amide bonds. The van der Waals surface area contributed by atoms with Crippen LogP contribution in [0, 0.1) is 11.8 Å². The highest BCUT2D eigenvalue weighted by molar-refractivity contribution is 5.81. The molecule has 112 valence electrons. The lowest BCUT2D eigenvalue weighted by Crippen LogP contribution is -2.46. The van der Waals surface area contributed by atoms with Crippen molar-refractivity contribution in [3.8, 4) is 0 Å². The number of likely N-dealkylation sites (tertiary alicyclic amines) is 1. The minimum atomic E-state index is -0.752. The van der Waals surface area contributed by atoms with Gasteiger partial charge in [0, 0.05) is 31.1 Å². The van der Waals surface area contributed by atoms with Crippen molar-refractivity contribution in [1.82, 2.24) is 10.2 Å². The molecule has 0 spiro atoms. The standard InChI is InChI=1S/C15H24N2O3/c18-14(10-1-2-11(9-10)15(19)20)16-12-5-7-17(8-6-12)13-3-4-13/h10-13H,1-9H2,(H,16,18)(H,19,20)/t10-,11+/m1/s1. The van der Waals surface area contributed by atoms with E-state index < -0.39 is 5.97 Å². The first-order valence-electron chi connectivity index (χ1n) is 7.90. The van der Waals surface area contributed by atoms with Crippen molar-refractivity contribution in [3.05, 3.63) is 0 Å². The molecule has 0 aromatic heterocycles. The zero-order valence-corrected chi connectivity index (χ0v) is 11.9. The SMILES string of the molecule is O=C(O)[C@H]1CC[C@@H](C(=O)NC2CCN(C3CC3)CC2)C1. The highest BCUT2D eigenvalue weighted by Gasteiger charge is 2.36. The van der Waals surface area contributed by atoms with Gasteiger partial charge in [0.1, 0.15) is 0 Å². The van der Waals surface area contributed by atoms with Crippen molar-refractivity contribution in [1.29, 1.82) is 0 Å². The monoisotopic (exact) mass is 280 g/mol. The zero-order chi connectivity index (χ0) is 14.1. The summed E-state index contributed by atoms with van der Waals surface area (Å²) in [7, 11) is 0. The fourth-order valence-corrected chi connectivity index (χ4v) is 3.61. The Morgan fingerprint density at radius 1 is 0.950 bits per heavy atom. The van der Waals surface area contributed by atoms with Crippen LogP contribution in [0.5, 0.6) is 0 Å². The predicted octanol–water partition coefficient (Wildman–Crippen LogP) is 1.23. The van der Waals surface area contributed by atoms with Crippen LogP contribution in [-0.2, 0) is 9.59 Å². The highest BCUT2D eigenvalue weighted by Crippen LogP contribution is 2.32. The molecule has 2 N–H and O–H groups in total. The van der Waals surface area contributed by atoms with Crippen LogP contribution in [0.15, 0.2) is 0 Å². The van der Waals surface area contributed by atoms with Crippen molar-refractivity contribution in [2.45, 2.75) is 57.0 Å². The lowest BCUT2D eigenvalue weighted by atomic mass is 10.0. The summed E-state index contributed by atoms with van der Waals surface area (Å²) in [6.07, 6.45) is 6.65. The van der Waals surface area contributed by atoms with Gasteiger partial charge in [-0.05, 0) is 44.9 Å². The number of nitrogens with zero attached hydrogens (tertiary/aromatic N) is 1. The Kier molecular flexibility index (Phi) is 3.96. The van der Waals surface area contributed by atoms with E-state index in [-0.39, 0.29) is 17.7 Å². The number of rotatable bonds is 4. The lowest BCUT2D eigenvalue weighted by molar-refractivity contribution is -0.141. The van der Waals surface area contributed by atoms with Crippen LogP contribution in [-0.4, -0.2) is 47.1 Å². The van der Waals surface area contributed by atoms with Gasteiger partial charge in [-0.3, -0.25) is 9.59 Å². The molecule has 0 aromatic carbocycles. The molecular formula is C15H24N2O3. The molecule has 5 nitrogen and oxygen atoms in total. The third-order valence-corrected chi connectivity index (χ3v) is 5.09. The van der Waals surface area contributed by atoms with Crippen LogP contribution < -0.4 is 5.32 Å². The quantitative estimate of drug-likeness (QED) is 0.812. The number of carboxylic acids is 1. The van der Waals surface area contributed by atoms with Crippen LogP contribution in [0.25, 0.3) is 0 Å². The Hall–Kier alpha value is -1.10. The number of carbonyl (C=O) groups is 2. The van der Waals surface area contributed by atoms with E-state index in [4.69, 9.17) is 5.11 Å². The van der Waals surface area contributed by atoms with E-state index in [0.29, 0.717) is 18.9 Å². The van der Waals surface area contributed by atoms with Gasteiger partial charge in [-0.2, -0.15) is 0 Å². The Balaban J connectivity index is 1.42. The van der Waals surface area contributed by atoms with Gasteiger partial charge in [0.2, 0.25) is 5.91 Å². The molecule has 1 heterocycles. The topological polar surface area (TPSA) is 69.6 Å². The summed E-state index contributed by atoms with van der Waals surface area (Å²) in [4.78, 5) is 25.7. The van der Waals surface area contributed by atoms with Crippen molar-refractivity contribution in [3.63, 3.8) is 0 Å². The molecule has 5 heteroatoms. The Labute approximate surface area is 119 Å². The summed E-state index contributed by atoms with van der Waals surface area (Å²) in [5.74, 6) is -1.07. The fourth-order valence-electron chi connectivity index (χ4n) is 3.61. The van der Waals surface area contributed by atoms with Gasteiger partial charge >= 0.3 is 5.97 Å². The number of carboxylic acid groups (broad SMARTS) is 1. The normalized spacial score (nSPS) is 32.2. The second kappa shape index (κ2) is 5.72. The molecule has 2 saturated carbocycles. The molecule has 1 saturated heterocycles. The third kappa shape index (κ3) is 3.14.